The number of carbonyl (C=O) groups excluding carboxylic acids is 1. The molecule has 30 heavy (non-hydrogen) atoms. The van der Waals surface area contributed by atoms with E-state index in [1.54, 1.807) is 16.2 Å². The minimum absolute atomic E-state index is 0.0237. The third-order valence-electron chi connectivity index (χ3n) is 5.55. The lowest BCUT2D eigenvalue weighted by Crippen LogP contribution is -2.29. The quantitative estimate of drug-likeness (QED) is 0.607. The van der Waals surface area contributed by atoms with E-state index in [1.807, 2.05) is 42.5 Å². The van der Waals surface area contributed by atoms with E-state index in [0.29, 0.717) is 18.8 Å². The number of aliphatic hydroxyl groups excluding tert-OH is 1. The lowest BCUT2D eigenvalue weighted by atomic mass is 9.92. The Morgan fingerprint density at radius 1 is 1.13 bits per heavy atom. The van der Waals surface area contributed by atoms with Crippen LogP contribution in [0.3, 0.4) is 0 Å². The zero-order valence-electron chi connectivity index (χ0n) is 16.5. The van der Waals surface area contributed by atoms with Crippen LogP contribution >= 0.6 is 11.3 Å². The van der Waals surface area contributed by atoms with Gasteiger partial charge in [0.1, 0.15) is 0 Å². The van der Waals surface area contributed by atoms with Crippen LogP contribution in [0.15, 0.2) is 65.7 Å². The van der Waals surface area contributed by atoms with Crippen molar-refractivity contribution in [2.75, 3.05) is 13.1 Å². The second-order valence-electron chi connectivity index (χ2n) is 7.69. The third-order valence-corrected chi connectivity index (χ3v) is 6.54. The third kappa shape index (κ3) is 3.99. The second-order valence-corrected chi connectivity index (χ2v) is 8.60. The van der Waals surface area contributed by atoms with Gasteiger partial charge in [-0.1, -0.05) is 42.5 Å². The lowest BCUT2D eigenvalue weighted by Gasteiger charge is -2.29. The molecule has 0 unspecified atom stereocenters. The number of aliphatic hydroxyl groups is 1. The van der Waals surface area contributed by atoms with E-state index in [-0.39, 0.29) is 18.4 Å². The molecule has 6 heteroatoms. The molecule has 0 bridgehead atoms. The average molecular weight is 422 g/mol. The normalized spacial score (nSPS) is 20.7. The van der Waals surface area contributed by atoms with Gasteiger partial charge < -0.3 is 19.5 Å². The number of allylic oxidation sites excluding steroid dienone is 1. The monoisotopic (exact) mass is 421 g/mol. The van der Waals surface area contributed by atoms with Crippen molar-refractivity contribution in [2.24, 2.45) is 0 Å². The van der Waals surface area contributed by atoms with Gasteiger partial charge in [0.05, 0.1) is 13.2 Å². The molecule has 0 radical (unpaired) electrons. The number of thiophene rings is 1. The van der Waals surface area contributed by atoms with Gasteiger partial charge in [-0.15, -0.1) is 11.3 Å². The zero-order valence-corrected chi connectivity index (χ0v) is 17.3. The zero-order chi connectivity index (χ0) is 20.5. The Hall–Kier alpha value is -2.67. The molecule has 3 heterocycles. The Morgan fingerprint density at radius 3 is 2.67 bits per heavy atom. The van der Waals surface area contributed by atoms with Gasteiger partial charge in [0.15, 0.2) is 5.76 Å². The highest BCUT2D eigenvalue weighted by Crippen LogP contribution is 2.38. The van der Waals surface area contributed by atoms with Crippen molar-refractivity contribution >= 4 is 27.3 Å². The van der Waals surface area contributed by atoms with Gasteiger partial charge in [-0.2, -0.15) is 0 Å². The van der Waals surface area contributed by atoms with Crippen molar-refractivity contribution in [1.82, 2.24) is 4.90 Å². The van der Waals surface area contributed by atoms with Crippen molar-refractivity contribution in [3.63, 3.8) is 0 Å². The first kappa shape index (κ1) is 19.3. The molecule has 1 fully saturated rings. The van der Waals surface area contributed by atoms with Crippen LogP contribution in [0.1, 0.15) is 29.0 Å². The summed E-state index contributed by atoms with van der Waals surface area (Å²) in [5.41, 5.74) is 3.09. The molecular weight excluding hydrogens is 398 g/mol. The molecule has 2 aromatic carbocycles. The van der Waals surface area contributed by atoms with E-state index < -0.39 is 6.29 Å². The van der Waals surface area contributed by atoms with E-state index >= 15 is 0 Å². The minimum atomic E-state index is -0.491. The fourth-order valence-corrected chi connectivity index (χ4v) is 4.78. The maximum atomic E-state index is 12.7. The van der Waals surface area contributed by atoms with Crippen LogP contribution in [0.2, 0.25) is 0 Å². The van der Waals surface area contributed by atoms with Crippen molar-refractivity contribution in [2.45, 2.75) is 31.8 Å². The number of hydrogen-bond acceptors (Lipinski definition) is 5. The fourth-order valence-electron chi connectivity index (χ4n) is 3.75. The number of rotatable bonds is 6. The molecular formula is C24H23NO4S. The van der Waals surface area contributed by atoms with Crippen LogP contribution in [-0.4, -0.2) is 35.3 Å². The van der Waals surface area contributed by atoms with Gasteiger partial charge in [-0.05, 0) is 39.6 Å². The van der Waals surface area contributed by atoms with E-state index in [1.165, 1.54) is 15.6 Å². The van der Waals surface area contributed by atoms with E-state index in [0.717, 1.165) is 24.2 Å². The Labute approximate surface area is 179 Å². The second kappa shape index (κ2) is 8.22. The molecule has 1 aromatic heterocycles. The summed E-state index contributed by atoms with van der Waals surface area (Å²) in [4.78, 5) is 14.5. The topological polar surface area (TPSA) is 58.8 Å². The summed E-state index contributed by atoms with van der Waals surface area (Å²) in [5.74, 6) is 0.398. The van der Waals surface area contributed by atoms with Crippen LogP contribution in [0.4, 0.5) is 0 Å². The maximum absolute atomic E-state index is 12.7. The Morgan fingerprint density at radius 2 is 1.90 bits per heavy atom. The maximum Gasteiger partial charge on any atom is 0.288 e. The number of hydrogen-bond donors (Lipinski definition) is 1. The largest absolute Gasteiger partial charge is 0.459 e. The summed E-state index contributed by atoms with van der Waals surface area (Å²) in [7, 11) is 0. The molecule has 1 amide bonds. The first-order valence-corrected chi connectivity index (χ1v) is 11.0. The number of fused-ring (bicyclic) bond motifs is 1. The summed E-state index contributed by atoms with van der Waals surface area (Å²) < 4.78 is 13.3. The first-order valence-electron chi connectivity index (χ1n) is 10.2. The SMILES string of the molecule is O=C(C1=C[C@H](c2csc3ccccc23)C[C@H](OCc2ccc(CO)cc2)O1)N1CC1. The van der Waals surface area contributed by atoms with Gasteiger partial charge in [0.2, 0.25) is 6.29 Å². The van der Waals surface area contributed by atoms with Crippen LogP contribution < -0.4 is 0 Å². The molecule has 0 spiro atoms. The number of benzene rings is 2. The first-order chi connectivity index (χ1) is 14.7. The predicted octanol–water partition coefficient (Wildman–Crippen LogP) is 4.17. The Kier molecular flexibility index (Phi) is 5.29. The van der Waals surface area contributed by atoms with Gasteiger partial charge in [-0.3, -0.25) is 4.79 Å². The lowest BCUT2D eigenvalue weighted by molar-refractivity contribution is -0.152. The number of carbonyl (C=O) groups is 1. The van der Waals surface area contributed by atoms with Crippen LogP contribution in [0.5, 0.6) is 0 Å². The van der Waals surface area contributed by atoms with Crippen molar-refractivity contribution in [3.05, 3.63) is 82.4 Å². The molecule has 3 aromatic rings. The highest BCUT2D eigenvalue weighted by atomic mass is 32.1. The molecule has 2 aliphatic rings. The molecule has 0 aliphatic carbocycles. The predicted molar refractivity (Wildman–Crippen MR) is 116 cm³/mol. The minimum Gasteiger partial charge on any atom is -0.459 e. The summed E-state index contributed by atoms with van der Waals surface area (Å²) in [6, 6.07) is 16.0. The van der Waals surface area contributed by atoms with Crippen molar-refractivity contribution in [1.29, 1.82) is 0 Å². The molecule has 1 N–H and O–H groups in total. The molecule has 5 rings (SSSR count). The molecule has 2 aliphatic heterocycles. The van der Waals surface area contributed by atoms with Gasteiger partial charge in [0.25, 0.3) is 5.91 Å². The summed E-state index contributed by atoms with van der Waals surface area (Å²) in [6.07, 6.45) is 2.13. The Balaban J connectivity index is 1.37. The summed E-state index contributed by atoms with van der Waals surface area (Å²) in [6.45, 7) is 1.98. The average Bonchev–Trinajstić information content (AvgIpc) is 3.56. The standard InChI is InChI=1S/C24H23NO4S/c26-13-16-5-7-17(8-6-16)14-28-23-12-18(11-21(29-23)24(27)25-9-10-25)20-15-30-22-4-2-1-3-19(20)22/h1-8,11,15,18,23,26H,9-10,12-14H2/t18-,23+/m0/s1. The van der Waals surface area contributed by atoms with Gasteiger partial charge >= 0.3 is 0 Å². The molecule has 5 nitrogen and oxygen atoms in total. The fraction of sp³-hybridized carbons (Fsp3) is 0.292. The van der Waals surface area contributed by atoms with Gasteiger partial charge in [-0.25, -0.2) is 0 Å². The highest BCUT2D eigenvalue weighted by Gasteiger charge is 2.35. The van der Waals surface area contributed by atoms with E-state index in [2.05, 4.69) is 17.5 Å². The van der Waals surface area contributed by atoms with Gasteiger partial charge in [0, 0.05) is 30.1 Å². The van der Waals surface area contributed by atoms with E-state index in [4.69, 9.17) is 9.47 Å². The van der Waals surface area contributed by atoms with Crippen molar-refractivity contribution < 1.29 is 19.4 Å². The molecule has 1 saturated heterocycles. The van der Waals surface area contributed by atoms with Crippen LogP contribution in [0, 0.1) is 0 Å². The summed E-state index contributed by atoms with van der Waals surface area (Å²) in [5, 5.41) is 12.6. The summed E-state index contributed by atoms with van der Waals surface area (Å²) >= 11 is 1.72. The number of nitrogens with zero attached hydrogens (tertiary/aromatic N) is 1. The van der Waals surface area contributed by atoms with Crippen LogP contribution in [-0.2, 0) is 27.5 Å². The smallest absolute Gasteiger partial charge is 0.288 e. The molecule has 0 saturated carbocycles. The molecule has 2 atom stereocenters. The van der Waals surface area contributed by atoms with E-state index in [9.17, 15) is 9.90 Å². The molecule has 154 valence electrons. The van der Waals surface area contributed by atoms with Crippen molar-refractivity contribution in [3.8, 4) is 0 Å². The number of ether oxygens (including phenoxy) is 2. The Bertz CT molecular complexity index is 1080. The van der Waals surface area contributed by atoms with Crippen LogP contribution in [0.25, 0.3) is 10.1 Å². The highest BCUT2D eigenvalue weighted by molar-refractivity contribution is 7.17. The number of amides is 1.